The minimum Gasteiger partial charge on any atom is -0.489 e. The molecule has 0 amide bonds. The topological polar surface area (TPSA) is 348 Å². The standard InChI is InChI=1S/C48H68N4O20S4/c1-33-5-9-41(45(21-33)73(57,58)59)69-29-37(53)25-49-13-15-50(26-38(54)30-70-42-10-6-34(2)22-46(42)74(60,61)62)17-19-52(28-40(56)32-72-44-12-8-36(4)24-48(44)76(66,67)68)20-18-51(16-14-49)27-39(55)31-71-43-11-7-35(3)23-47(43)75(63,64)65/h5-12,21-24,37-40,53-56H,13-20,25-32H2,1-4H3,(H,57,58,59)(H,60,61,62)(H,63,64,65)(H,66,67,68)/t37-,38-,39-,40-/m0/s1. The first-order chi connectivity index (χ1) is 35.4. The van der Waals surface area contributed by atoms with Crippen LogP contribution < -0.4 is 18.9 Å². The lowest BCUT2D eigenvalue weighted by atomic mass is 10.2. The molecular formula is C48H68N4O20S4. The molecule has 0 unspecified atom stereocenters. The highest BCUT2D eigenvalue weighted by Crippen LogP contribution is 2.28. The summed E-state index contributed by atoms with van der Waals surface area (Å²) in [7, 11) is -18.8. The fraction of sp³-hybridized carbons (Fsp3) is 0.500. The molecule has 5 rings (SSSR count). The van der Waals surface area contributed by atoms with E-state index in [1.54, 1.807) is 52.0 Å². The third-order valence-corrected chi connectivity index (χ3v) is 15.5. The van der Waals surface area contributed by atoms with Gasteiger partial charge in [0.15, 0.2) is 0 Å². The van der Waals surface area contributed by atoms with Gasteiger partial charge in [-0.05, 0) is 98.5 Å². The van der Waals surface area contributed by atoms with E-state index in [0.717, 1.165) is 0 Å². The van der Waals surface area contributed by atoms with Crippen molar-refractivity contribution in [1.29, 1.82) is 0 Å². The number of hydrogen-bond donors (Lipinski definition) is 8. The second-order valence-electron chi connectivity index (χ2n) is 18.8. The van der Waals surface area contributed by atoms with Gasteiger partial charge >= 0.3 is 0 Å². The van der Waals surface area contributed by atoms with Crippen molar-refractivity contribution in [1.82, 2.24) is 19.6 Å². The van der Waals surface area contributed by atoms with Gasteiger partial charge in [0.05, 0.1) is 0 Å². The number of aliphatic hydroxyl groups excluding tert-OH is 4. The first-order valence-electron chi connectivity index (χ1n) is 23.9. The minimum atomic E-state index is -4.70. The molecule has 1 saturated heterocycles. The maximum atomic E-state index is 12.2. The summed E-state index contributed by atoms with van der Waals surface area (Å²) in [5.41, 5.74) is 2.12. The lowest BCUT2D eigenvalue weighted by Crippen LogP contribution is -2.51. The first-order valence-corrected chi connectivity index (χ1v) is 29.7. The van der Waals surface area contributed by atoms with Crippen molar-refractivity contribution in [2.75, 3.05) is 105 Å². The maximum absolute atomic E-state index is 12.2. The largest absolute Gasteiger partial charge is 0.489 e. The molecule has 0 radical (unpaired) electrons. The third-order valence-electron chi connectivity index (χ3n) is 12.0. The van der Waals surface area contributed by atoms with Crippen LogP contribution in [0.1, 0.15) is 22.3 Å². The summed E-state index contributed by atoms with van der Waals surface area (Å²) >= 11 is 0. The number of aryl methyl sites for hydroxylation is 4. The Balaban J connectivity index is 1.39. The molecule has 4 aromatic rings. The van der Waals surface area contributed by atoms with E-state index < -0.39 is 111 Å². The molecule has 24 nitrogen and oxygen atoms in total. The first kappa shape index (κ1) is 62.2. The summed E-state index contributed by atoms with van der Waals surface area (Å²) in [6.07, 6.45) is -4.97. The van der Waals surface area contributed by atoms with Crippen molar-refractivity contribution in [3.8, 4) is 23.0 Å². The monoisotopic (exact) mass is 1150 g/mol. The summed E-state index contributed by atoms with van der Waals surface area (Å²) < 4.78 is 160. The van der Waals surface area contributed by atoms with E-state index in [0.29, 0.717) is 22.3 Å². The van der Waals surface area contributed by atoms with Crippen molar-refractivity contribution in [2.24, 2.45) is 0 Å². The Hall–Kier alpha value is -4.60. The Morgan fingerprint density at radius 1 is 0.355 bits per heavy atom. The number of β-amino-alcohol motifs (C(OH)–C–C–N with tert-alkyl or cyclic N) is 4. The predicted molar refractivity (Wildman–Crippen MR) is 276 cm³/mol. The van der Waals surface area contributed by atoms with Gasteiger partial charge in [-0.15, -0.1) is 0 Å². The van der Waals surface area contributed by atoms with Gasteiger partial charge in [-0.1, -0.05) is 24.3 Å². The van der Waals surface area contributed by atoms with E-state index in [-0.39, 0.29) is 102 Å². The van der Waals surface area contributed by atoms with E-state index in [2.05, 4.69) is 0 Å². The van der Waals surface area contributed by atoms with Crippen LogP contribution in [-0.4, -0.2) is 221 Å². The van der Waals surface area contributed by atoms with Crippen molar-refractivity contribution in [3.63, 3.8) is 0 Å². The highest BCUT2D eigenvalue weighted by atomic mass is 32.2. The van der Waals surface area contributed by atoms with E-state index in [4.69, 9.17) is 18.9 Å². The van der Waals surface area contributed by atoms with Crippen molar-refractivity contribution in [3.05, 3.63) is 95.1 Å². The van der Waals surface area contributed by atoms with Crippen molar-refractivity contribution < 1.29 is 91.3 Å². The van der Waals surface area contributed by atoms with E-state index in [9.17, 15) is 72.3 Å². The molecule has 1 aliphatic rings. The van der Waals surface area contributed by atoms with Crippen LogP contribution in [0.2, 0.25) is 0 Å². The molecular weight excluding hydrogens is 1080 g/mol. The molecule has 0 aromatic heterocycles. The van der Waals surface area contributed by atoms with Crippen molar-refractivity contribution >= 4 is 40.5 Å². The van der Waals surface area contributed by atoms with Gasteiger partial charge in [0, 0.05) is 78.5 Å². The normalized spacial score (nSPS) is 17.2. The summed E-state index contributed by atoms with van der Waals surface area (Å²) in [5, 5.41) is 45.4. The van der Waals surface area contributed by atoms with E-state index in [1.807, 2.05) is 19.6 Å². The smallest absolute Gasteiger partial charge is 0.298 e. The molecule has 76 heavy (non-hydrogen) atoms. The SMILES string of the molecule is Cc1ccc(OC[C@@H](O)CN2CCN(C[C@H](O)COc3ccc(C)cc3S(=O)(=O)O)CCN(C[C@H](O)COc3ccc(C)cc3S(=O)(=O)O)CCN(C[C@H](O)COc3ccc(C)cc3S(=O)(=O)O)CC2)c(S(=O)(=O)O)c1. The van der Waals surface area contributed by atoms with Crippen molar-refractivity contribution in [2.45, 2.75) is 71.7 Å². The second kappa shape index (κ2) is 27.3. The van der Waals surface area contributed by atoms with Crippen LogP contribution in [0.3, 0.4) is 0 Å². The summed E-state index contributed by atoms with van der Waals surface area (Å²) in [5.74, 6) is -0.746. The highest BCUT2D eigenvalue weighted by Gasteiger charge is 2.27. The molecule has 28 heteroatoms. The lowest BCUT2D eigenvalue weighted by Gasteiger charge is -2.36. The van der Waals surface area contributed by atoms with E-state index in [1.165, 1.54) is 48.5 Å². The Kier molecular flexibility index (Phi) is 22.4. The molecule has 424 valence electrons. The van der Waals surface area contributed by atoms with Crippen LogP contribution in [0.15, 0.2) is 92.4 Å². The fourth-order valence-corrected chi connectivity index (χ4v) is 11.1. The zero-order valence-corrected chi connectivity index (χ0v) is 45.7. The van der Waals surface area contributed by atoms with E-state index >= 15 is 0 Å². The molecule has 1 aliphatic heterocycles. The molecule has 0 bridgehead atoms. The molecule has 1 heterocycles. The number of nitrogens with zero attached hydrogens (tertiary/aromatic N) is 4. The Bertz CT molecular complexity index is 2620. The van der Waals surface area contributed by atoms with Gasteiger partial charge in [-0.2, -0.15) is 33.7 Å². The Labute approximate surface area is 444 Å². The molecule has 0 saturated carbocycles. The summed E-state index contributed by atoms with van der Waals surface area (Å²) in [4.78, 5) is 5.51. The van der Waals surface area contributed by atoms with Crippen LogP contribution in [-0.2, 0) is 40.5 Å². The summed E-state index contributed by atoms with van der Waals surface area (Å²) in [6.45, 7) is 6.37. The lowest BCUT2D eigenvalue weighted by molar-refractivity contribution is 0.0234. The van der Waals surface area contributed by atoms with Gasteiger partial charge in [0.1, 0.15) is 93.4 Å². The average Bonchev–Trinajstić information content (AvgIpc) is 3.31. The molecule has 4 aromatic carbocycles. The zero-order chi connectivity index (χ0) is 56.2. The number of rotatable bonds is 24. The van der Waals surface area contributed by atoms with Gasteiger partial charge in [0.2, 0.25) is 0 Å². The van der Waals surface area contributed by atoms with Crippen LogP contribution in [0.25, 0.3) is 0 Å². The third kappa shape index (κ3) is 20.0. The Morgan fingerprint density at radius 3 is 0.684 bits per heavy atom. The molecule has 0 aliphatic carbocycles. The van der Waals surface area contributed by atoms with Crippen LogP contribution in [0.4, 0.5) is 0 Å². The zero-order valence-electron chi connectivity index (χ0n) is 42.4. The average molecular weight is 1150 g/mol. The predicted octanol–water partition coefficient (Wildman–Crippen LogP) is 1.19. The number of hydrogen-bond acceptors (Lipinski definition) is 20. The number of ether oxygens (including phenoxy) is 4. The van der Waals surface area contributed by atoms with Gasteiger partial charge in [-0.25, -0.2) is 0 Å². The minimum absolute atomic E-state index is 0.0532. The quantitative estimate of drug-likeness (QED) is 0.0457. The molecule has 0 spiro atoms. The highest BCUT2D eigenvalue weighted by molar-refractivity contribution is 7.86. The van der Waals surface area contributed by atoms with Gasteiger partial charge < -0.3 is 39.4 Å². The molecule has 1 fully saturated rings. The summed E-state index contributed by atoms with van der Waals surface area (Å²) in [6, 6.07) is 16.6. The van der Waals surface area contributed by atoms with Crippen LogP contribution in [0.5, 0.6) is 23.0 Å². The Morgan fingerprint density at radius 2 is 0.526 bits per heavy atom. The molecule has 4 atom stereocenters. The van der Waals surface area contributed by atoms with Crippen LogP contribution in [0, 0.1) is 27.7 Å². The van der Waals surface area contributed by atoms with Gasteiger partial charge in [-0.3, -0.25) is 37.8 Å². The number of aliphatic hydroxyl groups is 4. The second-order valence-corrected chi connectivity index (χ2v) is 24.3. The molecule has 8 N–H and O–H groups in total. The number of benzene rings is 4. The maximum Gasteiger partial charge on any atom is 0.298 e. The van der Waals surface area contributed by atoms with Crippen LogP contribution >= 0.6 is 0 Å². The van der Waals surface area contributed by atoms with Gasteiger partial charge in [0.25, 0.3) is 40.5 Å². The fourth-order valence-electron chi connectivity index (χ4n) is 8.20.